The summed E-state index contributed by atoms with van der Waals surface area (Å²) in [6, 6.07) is 6.39. The van der Waals surface area contributed by atoms with Crippen LogP contribution < -0.4 is 5.32 Å². The van der Waals surface area contributed by atoms with E-state index in [-0.39, 0.29) is 18.0 Å². The predicted octanol–water partition coefficient (Wildman–Crippen LogP) is 2.07. The molecule has 1 aromatic heterocycles. The van der Waals surface area contributed by atoms with E-state index in [1.165, 1.54) is 23.0 Å². The summed E-state index contributed by atoms with van der Waals surface area (Å²) in [5, 5.41) is 14.4. The number of nitrogens with zero attached hydrogens (tertiary/aromatic N) is 2. The summed E-state index contributed by atoms with van der Waals surface area (Å²) in [4.78, 5) is 10.5. The van der Waals surface area contributed by atoms with Crippen molar-refractivity contribution in [2.75, 3.05) is 12.8 Å². The predicted molar refractivity (Wildman–Crippen MR) is 86.0 cm³/mol. The summed E-state index contributed by atoms with van der Waals surface area (Å²) in [5.74, 6) is -0.539. The molecule has 2 rings (SSSR count). The van der Waals surface area contributed by atoms with E-state index in [1.54, 1.807) is 18.3 Å². The molecule has 0 saturated heterocycles. The molecule has 128 valence electrons. The van der Waals surface area contributed by atoms with Gasteiger partial charge in [-0.15, -0.1) is 0 Å². The smallest absolute Gasteiger partial charge is 0.404 e. The zero-order valence-electron chi connectivity index (χ0n) is 12.8. The van der Waals surface area contributed by atoms with Gasteiger partial charge in [-0.25, -0.2) is 17.6 Å². The van der Waals surface area contributed by atoms with Crippen LogP contribution in [0, 0.1) is 0 Å². The number of aromatic nitrogens is 2. The quantitative estimate of drug-likeness (QED) is 0.828. The number of amides is 1. The van der Waals surface area contributed by atoms with Gasteiger partial charge in [0.25, 0.3) is 0 Å². The van der Waals surface area contributed by atoms with Gasteiger partial charge in [0.2, 0.25) is 0 Å². The number of sulfone groups is 1. The summed E-state index contributed by atoms with van der Waals surface area (Å²) >= 11 is 0. The number of allylic oxidation sites excluding steroid dienone is 1. The van der Waals surface area contributed by atoms with Crippen LogP contribution in [0.25, 0.3) is 11.1 Å². The summed E-state index contributed by atoms with van der Waals surface area (Å²) < 4.78 is 38.2. The number of carboxylic acid groups (broad SMARTS) is 1. The summed E-state index contributed by atoms with van der Waals surface area (Å²) in [7, 11) is -3.31. The van der Waals surface area contributed by atoms with Gasteiger partial charge in [-0.1, -0.05) is 12.1 Å². The van der Waals surface area contributed by atoms with Crippen LogP contribution in [-0.2, 0) is 16.4 Å². The normalized spacial score (nSPS) is 12.2. The van der Waals surface area contributed by atoms with Crippen molar-refractivity contribution in [1.82, 2.24) is 15.1 Å². The minimum Gasteiger partial charge on any atom is -0.465 e. The number of hydrogen-bond donors (Lipinski definition) is 2. The molecule has 1 amide bonds. The zero-order chi connectivity index (χ0) is 17.7. The lowest BCUT2D eigenvalue weighted by Gasteiger charge is -2.02. The van der Waals surface area contributed by atoms with Crippen LogP contribution in [-0.4, -0.2) is 42.2 Å². The monoisotopic (exact) mass is 353 g/mol. The van der Waals surface area contributed by atoms with E-state index in [0.29, 0.717) is 11.1 Å². The van der Waals surface area contributed by atoms with Gasteiger partial charge in [-0.05, 0) is 23.8 Å². The van der Waals surface area contributed by atoms with Crippen LogP contribution in [0.3, 0.4) is 0 Å². The molecule has 9 heteroatoms. The minimum absolute atomic E-state index is 0.133. The number of rotatable bonds is 6. The van der Waals surface area contributed by atoms with E-state index in [9.17, 15) is 17.6 Å². The van der Waals surface area contributed by atoms with Crippen LogP contribution >= 0.6 is 0 Å². The highest BCUT2D eigenvalue weighted by Gasteiger charge is 2.10. The molecule has 24 heavy (non-hydrogen) atoms. The Morgan fingerprint density at radius 1 is 1.42 bits per heavy atom. The van der Waals surface area contributed by atoms with Gasteiger partial charge >= 0.3 is 6.09 Å². The van der Waals surface area contributed by atoms with Crippen molar-refractivity contribution in [3.63, 3.8) is 0 Å². The molecule has 1 heterocycles. The molecule has 0 bridgehead atoms. The highest BCUT2D eigenvalue weighted by atomic mass is 32.2. The molecule has 0 radical (unpaired) electrons. The molecule has 2 N–H and O–H groups in total. The fourth-order valence-corrected chi connectivity index (χ4v) is 2.64. The van der Waals surface area contributed by atoms with Crippen LogP contribution in [0.2, 0.25) is 0 Å². The Morgan fingerprint density at radius 3 is 2.83 bits per heavy atom. The van der Waals surface area contributed by atoms with Crippen LogP contribution in [0.15, 0.2) is 53.5 Å². The van der Waals surface area contributed by atoms with E-state index in [1.807, 2.05) is 5.32 Å². The number of nitrogens with one attached hydrogen (secondary N) is 1. The van der Waals surface area contributed by atoms with Gasteiger partial charge in [0, 0.05) is 24.6 Å². The maximum atomic E-state index is 13.7. The minimum atomic E-state index is -3.31. The molecule has 0 fully saturated rings. The first-order chi connectivity index (χ1) is 11.3. The van der Waals surface area contributed by atoms with Gasteiger partial charge in [-0.3, -0.25) is 4.68 Å². The second kappa shape index (κ2) is 7.26. The van der Waals surface area contributed by atoms with E-state index in [2.05, 4.69) is 5.10 Å². The molecular formula is C15H16FN3O4S. The second-order valence-electron chi connectivity index (χ2n) is 5.06. The Balaban J connectivity index is 2.12. The Bertz CT molecular complexity index is 874. The van der Waals surface area contributed by atoms with Crippen molar-refractivity contribution in [2.45, 2.75) is 11.4 Å². The molecule has 0 aliphatic heterocycles. The molecular weight excluding hydrogens is 337 g/mol. The lowest BCUT2D eigenvalue weighted by molar-refractivity contribution is 0.195. The Labute approximate surface area is 138 Å². The number of hydrogen-bond acceptors (Lipinski definition) is 4. The first kappa shape index (κ1) is 17.7. The van der Waals surface area contributed by atoms with Gasteiger partial charge in [0.15, 0.2) is 9.84 Å². The third kappa shape index (κ3) is 4.92. The fourth-order valence-electron chi connectivity index (χ4n) is 1.97. The lowest BCUT2D eigenvalue weighted by atomic mass is 10.1. The van der Waals surface area contributed by atoms with Crippen molar-refractivity contribution in [2.24, 2.45) is 0 Å². The first-order valence-corrected chi connectivity index (χ1v) is 8.79. The van der Waals surface area contributed by atoms with Crippen molar-refractivity contribution < 1.29 is 22.7 Å². The summed E-state index contributed by atoms with van der Waals surface area (Å²) in [6.45, 7) is -0.279. The molecule has 0 atom stereocenters. The Kier molecular flexibility index (Phi) is 5.35. The van der Waals surface area contributed by atoms with E-state index in [0.717, 1.165) is 12.3 Å². The Morgan fingerprint density at radius 2 is 2.17 bits per heavy atom. The van der Waals surface area contributed by atoms with Crippen molar-refractivity contribution in [3.8, 4) is 11.1 Å². The van der Waals surface area contributed by atoms with Gasteiger partial charge in [0.1, 0.15) is 5.83 Å². The molecule has 0 unspecified atom stereocenters. The highest BCUT2D eigenvalue weighted by molar-refractivity contribution is 7.90. The molecule has 0 aliphatic carbocycles. The molecule has 0 aliphatic rings. The molecule has 0 spiro atoms. The van der Waals surface area contributed by atoms with Crippen molar-refractivity contribution >= 4 is 15.9 Å². The Hall–Kier alpha value is -2.68. The molecule has 1 aromatic carbocycles. The number of carbonyl (C=O) groups is 1. The van der Waals surface area contributed by atoms with E-state index >= 15 is 0 Å². The first-order valence-electron chi connectivity index (χ1n) is 6.90. The molecule has 0 saturated carbocycles. The highest BCUT2D eigenvalue weighted by Crippen LogP contribution is 2.22. The van der Waals surface area contributed by atoms with Crippen molar-refractivity contribution in [1.29, 1.82) is 0 Å². The van der Waals surface area contributed by atoms with E-state index < -0.39 is 21.8 Å². The second-order valence-corrected chi connectivity index (χ2v) is 7.08. The largest absolute Gasteiger partial charge is 0.465 e. The molecule has 7 nitrogen and oxygen atoms in total. The third-order valence-electron chi connectivity index (χ3n) is 3.12. The average Bonchev–Trinajstić information content (AvgIpc) is 2.94. The maximum absolute atomic E-state index is 13.7. The number of halogens is 1. The van der Waals surface area contributed by atoms with Crippen molar-refractivity contribution in [3.05, 3.63) is 48.6 Å². The SMILES string of the molecule is CS(=O)(=O)c1cccc(-c2cnn(CC(F)=CCNC(=O)O)c2)c1. The third-order valence-corrected chi connectivity index (χ3v) is 4.23. The van der Waals surface area contributed by atoms with Gasteiger partial charge in [-0.2, -0.15) is 5.10 Å². The summed E-state index contributed by atoms with van der Waals surface area (Å²) in [6.07, 6.45) is 4.09. The fraction of sp³-hybridized carbons (Fsp3) is 0.200. The van der Waals surface area contributed by atoms with Crippen LogP contribution in [0.1, 0.15) is 0 Å². The number of benzene rings is 1. The standard InChI is InChI=1S/C15H16FN3O4S/c1-24(22,23)14-4-2-3-11(7-14)12-8-18-19(9-12)10-13(16)5-6-17-15(20)21/h2-5,7-9,17H,6,10H2,1H3,(H,20,21). The maximum Gasteiger partial charge on any atom is 0.404 e. The average molecular weight is 353 g/mol. The topological polar surface area (TPSA) is 101 Å². The molecule has 2 aromatic rings. The zero-order valence-corrected chi connectivity index (χ0v) is 13.6. The lowest BCUT2D eigenvalue weighted by Crippen LogP contribution is -2.20. The summed E-state index contributed by atoms with van der Waals surface area (Å²) in [5.41, 5.74) is 1.30. The van der Waals surface area contributed by atoms with Crippen LogP contribution in [0.4, 0.5) is 9.18 Å². The van der Waals surface area contributed by atoms with E-state index in [4.69, 9.17) is 5.11 Å². The van der Waals surface area contributed by atoms with Gasteiger partial charge < -0.3 is 10.4 Å². The van der Waals surface area contributed by atoms with Gasteiger partial charge in [0.05, 0.1) is 17.6 Å². The van der Waals surface area contributed by atoms with Crippen LogP contribution in [0.5, 0.6) is 0 Å².